The molecule has 1 atom stereocenters. The van der Waals surface area contributed by atoms with Crippen molar-refractivity contribution in [2.45, 2.75) is 12.5 Å². The van der Waals surface area contributed by atoms with Crippen molar-refractivity contribution in [3.63, 3.8) is 0 Å². The summed E-state index contributed by atoms with van der Waals surface area (Å²) in [4.78, 5) is 14.4. The van der Waals surface area contributed by atoms with Crippen LogP contribution in [0.2, 0.25) is 0 Å². The number of amides is 2. The monoisotopic (exact) mass is 395 g/mol. The highest BCUT2D eigenvalue weighted by Crippen LogP contribution is 2.32. The average Bonchev–Trinajstić information content (AvgIpc) is 3.13. The van der Waals surface area contributed by atoms with E-state index in [-0.39, 0.29) is 6.03 Å². The summed E-state index contributed by atoms with van der Waals surface area (Å²) in [7, 11) is 0. The summed E-state index contributed by atoms with van der Waals surface area (Å²) in [6, 6.07) is 7.87. The SMILES string of the molecule is N=Cc1ccc(C=C2CN(C(=O)N3N=CC[C@H]3c3cc(F)cc(F)c3)C2)cc1N. The molecule has 6 nitrogen and oxygen atoms in total. The highest BCUT2D eigenvalue weighted by molar-refractivity contribution is 5.86. The molecule has 0 aromatic heterocycles. The molecule has 2 aromatic rings. The third-order valence-corrected chi connectivity index (χ3v) is 4.99. The standard InChI is InChI=1S/C21H19F2N5O/c22-17-7-16(8-18(23)9-17)20-3-4-26-28(20)21(29)27-11-14(12-27)5-13-1-2-15(10-24)19(25)6-13/h1-2,4-10,20,24H,3,11-12,25H2/t20-/m0/s1. The predicted octanol–water partition coefficient (Wildman–Crippen LogP) is 3.80. The van der Waals surface area contributed by atoms with Crippen LogP contribution in [0.25, 0.3) is 6.08 Å². The lowest BCUT2D eigenvalue weighted by Crippen LogP contribution is -2.49. The smallest absolute Gasteiger partial charge is 0.341 e. The van der Waals surface area contributed by atoms with Gasteiger partial charge in [-0.05, 0) is 34.9 Å². The van der Waals surface area contributed by atoms with Gasteiger partial charge in [-0.3, -0.25) is 0 Å². The lowest BCUT2D eigenvalue weighted by Gasteiger charge is -2.37. The number of nitrogens with two attached hydrogens (primary N) is 1. The van der Waals surface area contributed by atoms with Crippen molar-refractivity contribution in [1.29, 1.82) is 5.41 Å². The van der Waals surface area contributed by atoms with Gasteiger partial charge in [0.15, 0.2) is 0 Å². The molecule has 0 bridgehead atoms. The van der Waals surface area contributed by atoms with Crippen molar-refractivity contribution < 1.29 is 13.6 Å². The molecule has 0 radical (unpaired) electrons. The van der Waals surface area contributed by atoms with Crippen molar-refractivity contribution in [2.75, 3.05) is 18.8 Å². The number of hydrogen-bond acceptors (Lipinski definition) is 4. The normalized spacial score (nSPS) is 18.0. The number of benzene rings is 2. The molecule has 0 saturated carbocycles. The number of hydrazone groups is 1. The first-order valence-electron chi connectivity index (χ1n) is 9.10. The largest absolute Gasteiger partial charge is 0.398 e. The molecular weight excluding hydrogens is 376 g/mol. The maximum absolute atomic E-state index is 13.6. The van der Waals surface area contributed by atoms with E-state index in [1.165, 1.54) is 23.4 Å². The summed E-state index contributed by atoms with van der Waals surface area (Å²) in [5, 5.41) is 12.7. The zero-order valence-corrected chi connectivity index (χ0v) is 15.5. The Kier molecular flexibility index (Phi) is 4.84. The van der Waals surface area contributed by atoms with E-state index < -0.39 is 17.7 Å². The minimum absolute atomic E-state index is 0.302. The molecule has 3 N–H and O–H groups in total. The Balaban J connectivity index is 1.44. The zero-order valence-electron chi connectivity index (χ0n) is 15.5. The van der Waals surface area contributed by atoms with Crippen LogP contribution in [-0.2, 0) is 0 Å². The van der Waals surface area contributed by atoms with E-state index in [4.69, 9.17) is 11.1 Å². The fraction of sp³-hybridized carbons (Fsp3) is 0.190. The lowest BCUT2D eigenvalue weighted by molar-refractivity contribution is 0.136. The summed E-state index contributed by atoms with van der Waals surface area (Å²) in [5.41, 5.74) is 9.42. The molecule has 2 aliphatic heterocycles. The molecule has 148 valence electrons. The molecule has 0 aliphatic carbocycles. The summed E-state index contributed by atoms with van der Waals surface area (Å²) in [6.07, 6.45) is 5.15. The van der Waals surface area contributed by atoms with Crippen molar-refractivity contribution >= 4 is 30.2 Å². The molecule has 0 spiro atoms. The number of urea groups is 1. The van der Waals surface area contributed by atoms with Gasteiger partial charge in [0.2, 0.25) is 0 Å². The van der Waals surface area contributed by atoms with Crippen molar-refractivity contribution in [1.82, 2.24) is 9.91 Å². The highest BCUT2D eigenvalue weighted by atomic mass is 19.1. The second-order valence-corrected chi connectivity index (χ2v) is 7.07. The zero-order chi connectivity index (χ0) is 20.5. The second kappa shape index (κ2) is 7.46. The number of anilines is 1. The number of halogens is 2. The number of hydrogen-bond donors (Lipinski definition) is 2. The molecule has 2 aliphatic rings. The van der Waals surface area contributed by atoms with Gasteiger partial charge in [0, 0.05) is 49.3 Å². The maximum Gasteiger partial charge on any atom is 0.341 e. The molecular formula is C21H19F2N5O. The predicted molar refractivity (Wildman–Crippen MR) is 108 cm³/mol. The summed E-state index contributed by atoms with van der Waals surface area (Å²) in [6.45, 7) is 0.891. The quantitative estimate of drug-likeness (QED) is 0.612. The van der Waals surface area contributed by atoms with E-state index in [1.807, 2.05) is 12.1 Å². The van der Waals surface area contributed by atoms with Crippen LogP contribution in [0.5, 0.6) is 0 Å². The number of nitrogens with one attached hydrogen (secondary N) is 1. The lowest BCUT2D eigenvalue weighted by atomic mass is 10.0. The van der Waals surface area contributed by atoms with Gasteiger partial charge in [-0.2, -0.15) is 5.10 Å². The fourth-order valence-corrected chi connectivity index (χ4v) is 3.51. The van der Waals surface area contributed by atoms with Gasteiger partial charge < -0.3 is 16.0 Å². The number of nitrogens with zero attached hydrogens (tertiary/aromatic N) is 3. The Labute approximate surface area is 166 Å². The van der Waals surface area contributed by atoms with Gasteiger partial charge in [-0.1, -0.05) is 18.2 Å². The summed E-state index contributed by atoms with van der Waals surface area (Å²) in [5.74, 6) is -1.36. The van der Waals surface area contributed by atoms with Gasteiger partial charge >= 0.3 is 6.03 Å². The molecule has 2 heterocycles. The first-order chi connectivity index (χ1) is 13.9. The first-order valence-corrected chi connectivity index (χ1v) is 9.10. The highest BCUT2D eigenvalue weighted by Gasteiger charge is 2.35. The molecule has 2 amide bonds. The van der Waals surface area contributed by atoms with Crippen molar-refractivity contribution in [2.24, 2.45) is 5.10 Å². The Morgan fingerprint density at radius 2 is 1.90 bits per heavy atom. The van der Waals surface area contributed by atoms with Gasteiger partial charge in [0.05, 0.1) is 6.04 Å². The topological polar surface area (TPSA) is 85.8 Å². The fourth-order valence-electron chi connectivity index (χ4n) is 3.51. The first kappa shape index (κ1) is 18.8. The minimum atomic E-state index is -0.679. The number of likely N-dealkylation sites (tertiary alicyclic amines) is 1. The van der Waals surface area contributed by atoms with E-state index in [9.17, 15) is 13.6 Å². The van der Waals surface area contributed by atoms with Crippen LogP contribution in [-0.4, -0.2) is 41.5 Å². The number of nitrogen functional groups attached to an aromatic ring is 1. The molecule has 1 saturated heterocycles. The Morgan fingerprint density at radius 3 is 2.55 bits per heavy atom. The minimum Gasteiger partial charge on any atom is -0.398 e. The van der Waals surface area contributed by atoms with Gasteiger partial charge in [-0.15, -0.1) is 0 Å². The Morgan fingerprint density at radius 1 is 1.17 bits per heavy atom. The van der Waals surface area contributed by atoms with E-state index in [2.05, 4.69) is 5.10 Å². The van der Waals surface area contributed by atoms with Crippen LogP contribution in [0.3, 0.4) is 0 Å². The third-order valence-electron chi connectivity index (χ3n) is 4.99. The van der Waals surface area contributed by atoms with Crippen LogP contribution < -0.4 is 5.73 Å². The van der Waals surface area contributed by atoms with Crippen LogP contribution in [0.1, 0.15) is 29.2 Å². The summed E-state index contributed by atoms with van der Waals surface area (Å²) >= 11 is 0. The van der Waals surface area contributed by atoms with Crippen LogP contribution in [0.4, 0.5) is 19.3 Å². The number of rotatable bonds is 3. The number of carbonyl (C=O) groups excluding carboxylic acids is 1. The van der Waals surface area contributed by atoms with Crippen LogP contribution in [0, 0.1) is 17.0 Å². The third kappa shape index (κ3) is 3.73. The second-order valence-electron chi connectivity index (χ2n) is 7.07. The maximum atomic E-state index is 13.6. The van der Waals surface area contributed by atoms with E-state index in [0.29, 0.717) is 36.3 Å². The van der Waals surface area contributed by atoms with Crippen LogP contribution >= 0.6 is 0 Å². The van der Waals surface area contributed by atoms with Crippen molar-refractivity contribution in [3.8, 4) is 0 Å². The molecule has 0 unspecified atom stereocenters. The van der Waals surface area contributed by atoms with Gasteiger partial charge in [0.25, 0.3) is 0 Å². The van der Waals surface area contributed by atoms with Crippen LogP contribution in [0.15, 0.2) is 47.1 Å². The molecule has 29 heavy (non-hydrogen) atoms. The molecule has 4 rings (SSSR count). The summed E-state index contributed by atoms with van der Waals surface area (Å²) < 4.78 is 27.1. The van der Waals surface area contributed by atoms with Gasteiger partial charge in [0.1, 0.15) is 11.6 Å². The average molecular weight is 395 g/mol. The molecule has 8 heteroatoms. The van der Waals surface area contributed by atoms with Gasteiger partial charge in [-0.25, -0.2) is 18.6 Å². The Hall–Kier alpha value is -3.55. The van der Waals surface area contributed by atoms with E-state index in [1.54, 1.807) is 23.2 Å². The van der Waals surface area contributed by atoms with E-state index in [0.717, 1.165) is 17.2 Å². The molecule has 1 fully saturated rings. The Bertz CT molecular complexity index is 1020. The van der Waals surface area contributed by atoms with E-state index >= 15 is 0 Å². The van der Waals surface area contributed by atoms with Crippen molar-refractivity contribution in [3.05, 3.63) is 70.3 Å². The molecule has 2 aromatic carbocycles. The number of carbonyl (C=O) groups is 1.